The third-order valence-corrected chi connectivity index (χ3v) is 4.22. The second-order valence-electron chi connectivity index (χ2n) is 5.28. The highest BCUT2D eigenvalue weighted by Crippen LogP contribution is 2.35. The van der Waals surface area contributed by atoms with Crippen LogP contribution in [0.15, 0.2) is 24.8 Å². The van der Waals surface area contributed by atoms with Crippen molar-refractivity contribution in [2.75, 3.05) is 0 Å². The second kappa shape index (κ2) is 3.53. The summed E-state index contributed by atoms with van der Waals surface area (Å²) in [7, 11) is 0. The Balaban J connectivity index is 1.74. The molecule has 4 nitrogen and oxygen atoms in total. The van der Waals surface area contributed by atoms with Crippen LogP contribution in [0.4, 0.5) is 0 Å². The van der Waals surface area contributed by atoms with Gasteiger partial charge in [0.1, 0.15) is 5.52 Å². The van der Waals surface area contributed by atoms with Gasteiger partial charge >= 0.3 is 0 Å². The summed E-state index contributed by atoms with van der Waals surface area (Å²) >= 11 is 0. The van der Waals surface area contributed by atoms with Crippen LogP contribution < -0.4 is 5.32 Å². The summed E-state index contributed by atoms with van der Waals surface area (Å²) in [4.78, 5) is 8.57. The van der Waals surface area contributed by atoms with E-state index in [4.69, 9.17) is 0 Å². The maximum Gasteiger partial charge on any atom is 0.107 e. The zero-order valence-electron chi connectivity index (χ0n) is 9.71. The average Bonchev–Trinajstić information content (AvgIpc) is 2.93. The Bertz CT molecular complexity index is 535. The largest absolute Gasteiger partial charge is 0.327 e. The maximum absolute atomic E-state index is 4.44. The van der Waals surface area contributed by atoms with Crippen molar-refractivity contribution in [2.45, 2.75) is 43.8 Å². The number of pyridine rings is 1. The number of aromatic nitrogens is 3. The minimum Gasteiger partial charge on any atom is -0.327 e. The van der Waals surface area contributed by atoms with Crippen LogP contribution in [-0.2, 0) is 0 Å². The Hall–Kier alpha value is -1.42. The van der Waals surface area contributed by atoms with Crippen molar-refractivity contribution in [3.63, 3.8) is 0 Å². The molecule has 2 aromatic rings. The summed E-state index contributed by atoms with van der Waals surface area (Å²) in [6.07, 6.45) is 10.9. The first-order valence-corrected chi connectivity index (χ1v) is 6.43. The second-order valence-corrected chi connectivity index (χ2v) is 5.28. The molecule has 2 bridgehead atoms. The fourth-order valence-corrected chi connectivity index (χ4v) is 3.43. The molecule has 0 aliphatic carbocycles. The van der Waals surface area contributed by atoms with Gasteiger partial charge in [-0.2, -0.15) is 0 Å². The van der Waals surface area contributed by atoms with E-state index < -0.39 is 0 Å². The van der Waals surface area contributed by atoms with Crippen molar-refractivity contribution in [3.8, 4) is 0 Å². The Morgan fingerprint density at radius 3 is 2.88 bits per heavy atom. The molecule has 2 aliphatic rings. The van der Waals surface area contributed by atoms with Crippen molar-refractivity contribution < 1.29 is 0 Å². The summed E-state index contributed by atoms with van der Waals surface area (Å²) in [5, 5.41) is 3.68. The summed E-state index contributed by atoms with van der Waals surface area (Å²) in [6.45, 7) is 0. The van der Waals surface area contributed by atoms with Crippen LogP contribution in [0.3, 0.4) is 0 Å². The minimum atomic E-state index is 0.612. The molecule has 2 aliphatic heterocycles. The first-order valence-electron chi connectivity index (χ1n) is 6.43. The maximum atomic E-state index is 4.44. The van der Waals surface area contributed by atoms with Gasteiger partial charge < -0.3 is 9.88 Å². The standard InChI is InChI=1S/C13H16N4/c1-2-10-6-11(5-9(1)16-10)17-8-15-12-7-14-4-3-13(12)17/h3-4,7-11,16H,1-2,5-6H2. The molecular formula is C13H16N4. The molecule has 4 heteroatoms. The van der Waals surface area contributed by atoms with Crippen LogP contribution in [0.2, 0.25) is 0 Å². The van der Waals surface area contributed by atoms with E-state index in [1.54, 1.807) is 0 Å². The van der Waals surface area contributed by atoms with Gasteiger partial charge in [0.05, 0.1) is 18.0 Å². The van der Waals surface area contributed by atoms with Gasteiger partial charge in [-0.25, -0.2) is 4.98 Å². The lowest BCUT2D eigenvalue weighted by Crippen LogP contribution is -2.38. The summed E-state index contributed by atoms with van der Waals surface area (Å²) in [5.41, 5.74) is 2.24. The van der Waals surface area contributed by atoms with Crippen molar-refractivity contribution in [1.29, 1.82) is 0 Å². The number of nitrogens with one attached hydrogen (secondary N) is 1. The predicted molar refractivity (Wildman–Crippen MR) is 65.7 cm³/mol. The lowest BCUT2D eigenvalue weighted by molar-refractivity contribution is 0.303. The quantitative estimate of drug-likeness (QED) is 0.810. The highest BCUT2D eigenvalue weighted by atomic mass is 15.1. The highest BCUT2D eigenvalue weighted by molar-refractivity contribution is 5.73. The molecule has 2 fully saturated rings. The fraction of sp³-hybridized carbons (Fsp3) is 0.538. The number of nitrogens with zero attached hydrogens (tertiary/aromatic N) is 3. The number of hydrogen-bond donors (Lipinski definition) is 1. The lowest BCUT2D eigenvalue weighted by Gasteiger charge is -2.30. The molecular weight excluding hydrogens is 212 g/mol. The van der Waals surface area contributed by atoms with Gasteiger partial charge in [-0.15, -0.1) is 0 Å². The van der Waals surface area contributed by atoms with Crippen LogP contribution in [0.5, 0.6) is 0 Å². The van der Waals surface area contributed by atoms with E-state index in [1.165, 1.54) is 31.2 Å². The van der Waals surface area contributed by atoms with E-state index in [9.17, 15) is 0 Å². The molecule has 2 saturated heterocycles. The molecule has 2 aromatic heterocycles. The first-order chi connectivity index (χ1) is 8.40. The van der Waals surface area contributed by atoms with E-state index in [2.05, 4.69) is 25.9 Å². The number of imidazole rings is 1. The van der Waals surface area contributed by atoms with Crippen LogP contribution >= 0.6 is 0 Å². The molecule has 0 radical (unpaired) electrons. The first kappa shape index (κ1) is 9.59. The molecule has 2 unspecified atom stereocenters. The molecule has 0 saturated carbocycles. The van der Waals surface area contributed by atoms with E-state index in [-0.39, 0.29) is 0 Å². The molecule has 0 spiro atoms. The number of fused-ring (bicyclic) bond motifs is 3. The van der Waals surface area contributed by atoms with Gasteiger partial charge in [0, 0.05) is 24.3 Å². The molecule has 88 valence electrons. The predicted octanol–water partition coefficient (Wildman–Crippen LogP) is 1.89. The minimum absolute atomic E-state index is 0.612. The molecule has 17 heavy (non-hydrogen) atoms. The van der Waals surface area contributed by atoms with E-state index in [0.29, 0.717) is 6.04 Å². The van der Waals surface area contributed by atoms with Crippen LogP contribution in [0.1, 0.15) is 31.7 Å². The van der Waals surface area contributed by atoms with Crippen LogP contribution in [0, 0.1) is 0 Å². The Labute approximate surface area is 100 Å². The number of hydrogen-bond acceptors (Lipinski definition) is 3. The highest BCUT2D eigenvalue weighted by Gasteiger charge is 2.34. The number of piperidine rings is 1. The molecule has 2 atom stereocenters. The Morgan fingerprint density at radius 1 is 1.24 bits per heavy atom. The van der Waals surface area contributed by atoms with Gasteiger partial charge in [-0.05, 0) is 31.7 Å². The smallest absolute Gasteiger partial charge is 0.107 e. The Kier molecular flexibility index (Phi) is 1.99. The summed E-state index contributed by atoms with van der Waals surface area (Å²) in [6, 6.07) is 4.13. The molecule has 0 amide bonds. The summed E-state index contributed by atoms with van der Waals surface area (Å²) in [5.74, 6) is 0. The molecule has 4 rings (SSSR count). The third kappa shape index (κ3) is 1.47. The van der Waals surface area contributed by atoms with Gasteiger partial charge in [0.25, 0.3) is 0 Å². The lowest BCUT2D eigenvalue weighted by atomic mass is 9.99. The van der Waals surface area contributed by atoms with E-state index in [0.717, 1.165) is 17.6 Å². The van der Waals surface area contributed by atoms with Gasteiger partial charge in [0.2, 0.25) is 0 Å². The normalized spacial score (nSPS) is 32.1. The SMILES string of the molecule is c1cc2c(cn1)ncn2C1CC2CCC(C1)N2. The zero-order chi connectivity index (χ0) is 11.2. The van der Waals surface area contributed by atoms with Crippen LogP contribution in [-0.4, -0.2) is 26.6 Å². The third-order valence-electron chi connectivity index (χ3n) is 4.22. The topological polar surface area (TPSA) is 42.7 Å². The monoisotopic (exact) mass is 228 g/mol. The van der Waals surface area contributed by atoms with Crippen molar-refractivity contribution in [3.05, 3.63) is 24.8 Å². The van der Waals surface area contributed by atoms with Crippen LogP contribution in [0.25, 0.3) is 11.0 Å². The van der Waals surface area contributed by atoms with Crippen molar-refractivity contribution in [1.82, 2.24) is 19.9 Å². The number of rotatable bonds is 1. The van der Waals surface area contributed by atoms with Gasteiger partial charge in [-0.3, -0.25) is 4.98 Å². The van der Waals surface area contributed by atoms with E-state index >= 15 is 0 Å². The molecule has 1 N–H and O–H groups in total. The fourth-order valence-electron chi connectivity index (χ4n) is 3.43. The average molecular weight is 228 g/mol. The van der Waals surface area contributed by atoms with Crippen molar-refractivity contribution >= 4 is 11.0 Å². The Morgan fingerprint density at radius 2 is 2.06 bits per heavy atom. The van der Waals surface area contributed by atoms with Crippen molar-refractivity contribution in [2.24, 2.45) is 0 Å². The molecule has 0 aromatic carbocycles. The van der Waals surface area contributed by atoms with Gasteiger partial charge in [0.15, 0.2) is 0 Å². The summed E-state index contributed by atoms with van der Waals surface area (Å²) < 4.78 is 2.35. The van der Waals surface area contributed by atoms with Gasteiger partial charge in [-0.1, -0.05) is 0 Å². The molecule has 4 heterocycles. The zero-order valence-corrected chi connectivity index (χ0v) is 9.71. The van der Waals surface area contributed by atoms with E-state index in [1.807, 2.05) is 18.7 Å².